The number of nitrogens with one attached hydrogen (secondary N) is 1. The number of hydrogen-bond acceptors (Lipinski definition) is 2. The molecule has 0 aliphatic heterocycles. The van der Waals surface area contributed by atoms with Gasteiger partial charge in [-0.05, 0) is 32.4 Å². The quantitative estimate of drug-likeness (QED) is 0.583. The Kier molecular flexibility index (Phi) is 6.68. The third-order valence-corrected chi connectivity index (χ3v) is 3.51. The maximum Gasteiger partial charge on any atom is 0.0945 e. The van der Waals surface area contributed by atoms with Crippen LogP contribution < -0.4 is 5.32 Å². The number of imidazole rings is 1. The Bertz CT molecular complexity index is 236. The number of aromatic nitrogens is 2. The molecule has 1 heterocycles. The molecule has 1 rings (SSSR count). The fourth-order valence-electron chi connectivity index (χ4n) is 1.39. The Morgan fingerprint density at radius 2 is 2.33 bits per heavy atom. The summed E-state index contributed by atoms with van der Waals surface area (Å²) < 4.78 is 2.11. The van der Waals surface area contributed by atoms with Crippen LogP contribution in [0.25, 0.3) is 0 Å². The van der Waals surface area contributed by atoms with Gasteiger partial charge in [-0.3, -0.25) is 0 Å². The summed E-state index contributed by atoms with van der Waals surface area (Å²) in [5, 5.41) is 3.45. The smallest absolute Gasteiger partial charge is 0.0945 e. The molecule has 0 spiro atoms. The zero-order chi connectivity index (χ0) is 10.9. The normalized spacial score (nSPS) is 12.9. The molecule has 86 valence electrons. The summed E-state index contributed by atoms with van der Waals surface area (Å²) in [7, 11) is 0. The second kappa shape index (κ2) is 7.88. The average molecular weight is 274 g/mol. The summed E-state index contributed by atoms with van der Waals surface area (Å²) in [6.45, 7) is 5.45. The lowest BCUT2D eigenvalue weighted by molar-refractivity contribution is 0.565. The molecule has 3 nitrogen and oxygen atoms in total. The third-order valence-electron chi connectivity index (χ3n) is 2.41. The van der Waals surface area contributed by atoms with Gasteiger partial charge in [-0.2, -0.15) is 0 Å². The maximum atomic E-state index is 4.01. The Balaban J connectivity index is 1.89. The first-order chi connectivity index (χ1) is 7.33. The van der Waals surface area contributed by atoms with Gasteiger partial charge in [0.15, 0.2) is 0 Å². The van der Waals surface area contributed by atoms with Crippen LogP contribution in [0.3, 0.4) is 0 Å². The number of rotatable bonds is 8. The molecule has 0 bridgehead atoms. The lowest BCUT2D eigenvalue weighted by Crippen LogP contribution is -2.20. The van der Waals surface area contributed by atoms with E-state index in [1.807, 2.05) is 18.7 Å². The van der Waals surface area contributed by atoms with E-state index < -0.39 is 0 Å². The molecule has 0 radical (unpaired) electrons. The second-order valence-electron chi connectivity index (χ2n) is 3.70. The van der Waals surface area contributed by atoms with Gasteiger partial charge >= 0.3 is 0 Å². The summed E-state index contributed by atoms with van der Waals surface area (Å²) >= 11 is 3.63. The molecule has 15 heavy (non-hydrogen) atoms. The highest BCUT2D eigenvalue weighted by Gasteiger charge is 1.98. The number of hydrogen-bond donors (Lipinski definition) is 1. The van der Waals surface area contributed by atoms with Crippen molar-refractivity contribution in [1.29, 1.82) is 0 Å². The van der Waals surface area contributed by atoms with E-state index in [1.165, 1.54) is 12.8 Å². The fourth-order valence-corrected chi connectivity index (χ4v) is 1.62. The Morgan fingerprint density at radius 3 is 3.00 bits per heavy atom. The van der Waals surface area contributed by atoms with Crippen LogP contribution in [0.4, 0.5) is 0 Å². The van der Waals surface area contributed by atoms with E-state index in [0.717, 1.165) is 26.1 Å². The van der Waals surface area contributed by atoms with Gasteiger partial charge in [-0.25, -0.2) is 4.98 Å². The molecular weight excluding hydrogens is 254 g/mol. The minimum atomic E-state index is 0.665. The molecule has 0 aromatic carbocycles. The minimum Gasteiger partial charge on any atom is -0.337 e. The number of alkyl halides is 1. The largest absolute Gasteiger partial charge is 0.337 e. The molecule has 1 unspecified atom stereocenters. The van der Waals surface area contributed by atoms with Crippen molar-refractivity contribution in [2.45, 2.75) is 37.6 Å². The average Bonchev–Trinajstić information content (AvgIpc) is 2.75. The molecule has 0 saturated heterocycles. The lowest BCUT2D eigenvalue weighted by Gasteiger charge is -2.08. The van der Waals surface area contributed by atoms with Gasteiger partial charge < -0.3 is 9.88 Å². The minimum absolute atomic E-state index is 0.665. The summed E-state index contributed by atoms with van der Waals surface area (Å²) in [4.78, 5) is 4.67. The summed E-state index contributed by atoms with van der Waals surface area (Å²) in [5.74, 6) is 0. The van der Waals surface area contributed by atoms with Crippen molar-refractivity contribution in [3.05, 3.63) is 18.7 Å². The van der Waals surface area contributed by atoms with Gasteiger partial charge in [-0.1, -0.05) is 22.9 Å². The van der Waals surface area contributed by atoms with Crippen LogP contribution in [0, 0.1) is 0 Å². The van der Waals surface area contributed by atoms with Crippen molar-refractivity contribution < 1.29 is 0 Å². The first kappa shape index (κ1) is 12.7. The predicted octanol–water partition coefficient (Wildman–Crippen LogP) is 2.43. The van der Waals surface area contributed by atoms with Crippen molar-refractivity contribution in [1.82, 2.24) is 14.9 Å². The topological polar surface area (TPSA) is 29.9 Å². The highest BCUT2D eigenvalue weighted by Crippen LogP contribution is 2.07. The van der Waals surface area contributed by atoms with E-state index in [0.29, 0.717) is 4.83 Å². The Labute approximate surface area is 100 Å². The summed E-state index contributed by atoms with van der Waals surface area (Å²) in [6, 6.07) is 0. The molecule has 0 fully saturated rings. The maximum absolute atomic E-state index is 4.01. The van der Waals surface area contributed by atoms with Crippen LogP contribution in [0.2, 0.25) is 0 Å². The monoisotopic (exact) mass is 273 g/mol. The van der Waals surface area contributed by atoms with Crippen molar-refractivity contribution in [3.63, 3.8) is 0 Å². The van der Waals surface area contributed by atoms with Gasteiger partial charge in [0.25, 0.3) is 0 Å². The van der Waals surface area contributed by atoms with E-state index in [2.05, 4.69) is 37.7 Å². The zero-order valence-corrected chi connectivity index (χ0v) is 10.9. The van der Waals surface area contributed by atoms with Gasteiger partial charge in [0.05, 0.1) is 6.33 Å². The summed E-state index contributed by atoms with van der Waals surface area (Å²) in [5.41, 5.74) is 0. The lowest BCUT2D eigenvalue weighted by atomic mass is 10.2. The number of aryl methyl sites for hydroxylation is 1. The molecule has 0 amide bonds. The number of halogens is 1. The van der Waals surface area contributed by atoms with Crippen molar-refractivity contribution in [2.75, 3.05) is 13.1 Å². The molecule has 0 aliphatic rings. The van der Waals surface area contributed by atoms with Crippen LogP contribution in [-0.4, -0.2) is 27.5 Å². The van der Waals surface area contributed by atoms with Gasteiger partial charge in [-0.15, -0.1) is 0 Å². The van der Waals surface area contributed by atoms with E-state index in [4.69, 9.17) is 0 Å². The van der Waals surface area contributed by atoms with Crippen LogP contribution in [0.15, 0.2) is 18.7 Å². The molecule has 1 aromatic heterocycles. The van der Waals surface area contributed by atoms with E-state index in [9.17, 15) is 0 Å². The molecule has 0 saturated carbocycles. The Morgan fingerprint density at radius 1 is 1.47 bits per heavy atom. The van der Waals surface area contributed by atoms with Crippen LogP contribution in [0.1, 0.15) is 26.2 Å². The standard InChI is InChI=1S/C11H20BrN3/c1-2-11(12)4-6-13-5-3-8-15-9-7-14-10-15/h7,9-11,13H,2-6,8H2,1H3. The van der Waals surface area contributed by atoms with Crippen LogP contribution in [0.5, 0.6) is 0 Å². The summed E-state index contributed by atoms with van der Waals surface area (Å²) in [6.07, 6.45) is 9.27. The van der Waals surface area contributed by atoms with Gasteiger partial charge in [0.2, 0.25) is 0 Å². The molecule has 1 N–H and O–H groups in total. The van der Waals surface area contributed by atoms with Crippen molar-refractivity contribution in [3.8, 4) is 0 Å². The SMILES string of the molecule is CCC(Br)CCNCCCn1ccnc1. The second-order valence-corrected chi connectivity index (χ2v) is 4.99. The Hall–Kier alpha value is -0.350. The van der Waals surface area contributed by atoms with Crippen molar-refractivity contribution >= 4 is 15.9 Å². The predicted molar refractivity (Wildman–Crippen MR) is 67.3 cm³/mol. The van der Waals surface area contributed by atoms with Gasteiger partial charge in [0, 0.05) is 23.8 Å². The molecule has 1 atom stereocenters. The first-order valence-electron chi connectivity index (χ1n) is 5.63. The van der Waals surface area contributed by atoms with Gasteiger partial charge in [0.1, 0.15) is 0 Å². The number of nitrogens with zero attached hydrogens (tertiary/aromatic N) is 2. The molecular formula is C11H20BrN3. The molecule has 1 aromatic rings. The van der Waals surface area contributed by atoms with E-state index in [1.54, 1.807) is 0 Å². The zero-order valence-electron chi connectivity index (χ0n) is 9.32. The molecule has 4 heteroatoms. The first-order valence-corrected chi connectivity index (χ1v) is 6.55. The van der Waals surface area contributed by atoms with Crippen LogP contribution >= 0.6 is 15.9 Å². The van der Waals surface area contributed by atoms with Crippen LogP contribution in [-0.2, 0) is 6.54 Å². The van der Waals surface area contributed by atoms with E-state index in [-0.39, 0.29) is 0 Å². The molecule has 0 aliphatic carbocycles. The van der Waals surface area contributed by atoms with Crippen molar-refractivity contribution in [2.24, 2.45) is 0 Å². The van der Waals surface area contributed by atoms with E-state index >= 15 is 0 Å². The highest BCUT2D eigenvalue weighted by molar-refractivity contribution is 9.09. The third kappa shape index (κ3) is 5.95. The highest BCUT2D eigenvalue weighted by atomic mass is 79.9. The fraction of sp³-hybridized carbons (Fsp3) is 0.727.